The molecule has 7 nitrogen and oxygen atoms in total. The highest BCUT2D eigenvalue weighted by Gasteiger charge is 2.51. The Labute approximate surface area is 152 Å². The van der Waals surface area contributed by atoms with Gasteiger partial charge in [0.15, 0.2) is 0 Å². The van der Waals surface area contributed by atoms with Crippen LogP contribution in [0.25, 0.3) is 0 Å². The summed E-state index contributed by atoms with van der Waals surface area (Å²) in [5, 5.41) is 2.66. The number of hydrogen-bond acceptors (Lipinski definition) is 6. The lowest BCUT2D eigenvalue weighted by molar-refractivity contribution is -0.113. The predicted octanol–water partition coefficient (Wildman–Crippen LogP) is 2.40. The van der Waals surface area contributed by atoms with Gasteiger partial charge in [0.2, 0.25) is 5.91 Å². The summed E-state index contributed by atoms with van der Waals surface area (Å²) < 4.78 is 27.7. The molecule has 0 aliphatic carbocycles. The monoisotopic (exact) mass is 387 g/mol. The average Bonchev–Trinajstić information content (AvgIpc) is 2.74. The molecule has 1 aliphatic rings. The summed E-state index contributed by atoms with van der Waals surface area (Å²) in [6.45, 7) is 4.18. The van der Waals surface area contributed by atoms with Crippen molar-refractivity contribution in [1.29, 1.82) is 0 Å². The molecule has 1 amide bonds. The number of amides is 1. The fraction of sp³-hybridized carbons (Fsp3) is 0.533. The first-order chi connectivity index (χ1) is 11.5. The van der Waals surface area contributed by atoms with Crippen molar-refractivity contribution in [1.82, 2.24) is 0 Å². The maximum absolute atomic E-state index is 11.8. The Morgan fingerprint density at radius 3 is 2.24 bits per heavy atom. The molecule has 1 fully saturated rings. The highest BCUT2D eigenvalue weighted by molar-refractivity contribution is 8.55. The molecule has 1 heterocycles. The van der Waals surface area contributed by atoms with E-state index in [1.54, 1.807) is 12.1 Å². The maximum Gasteiger partial charge on any atom is 0.494 e. The highest BCUT2D eigenvalue weighted by Crippen LogP contribution is 2.54. The van der Waals surface area contributed by atoms with E-state index in [0.29, 0.717) is 17.1 Å². The molecule has 0 bridgehead atoms. The third-order valence-corrected chi connectivity index (χ3v) is 7.30. The van der Waals surface area contributed by atoms with Crippen LogP contribution in [0.3, 0.4) is 0 Å². The van der Waals surface area contributed by atoms with Crippen LogP contribution in [-0.4, -0.2) is 42.0 Å². The Hall–Kier alpha value is -0.825. The van der Waals surface area contributed by atoms with Crippen molar-refractivity contribution in [3.8, 4) is 0 Å². The molecule has 1 saturated heterocycles. The molecule has 1 aliphatic heterocycles. The van der Waals surface area contributed by atoms with E-state index in [2.05, 4.69) is 9.84 Å². The fourth-order valence-electron chi connectivity index (χ4n) is 2.09. The molecule has 1 atom stereocenters. The Morgan fingerprint density at radius 2 is 1.76 bits per heavy atom. The van der Waals surface area contributed by atoms with Crippen molar-refractivity contribution in [2.75, 3.05) is 18.2 Å². The summed E-state index contributed by atoms with van der Waals surface area (Å²) in [4.78, 5) is 21.1. The summed E-state index contributed by atoms with van der Waals surface area (Å²) in [6, 6.07) is 7.10. The quantitative estimate of drug-likeness (QED) is 0.572. The normalized spacial score (nSPS) is 21.0. The molecular formula is C15H23BNO6PS. The second-order valence-electron chi connectivity index (χ2n) is 6.68. The predicted molar refractivity (Wildman–Crippen MR) is 100 cm³/mol. The molecular weight excluding hydrogens is 364 g/mol. The molecule has 1 unspecified atom stereocenters. The van der Waals surface area contributed by atoms with Crippen LogP contribution in [0.5, 0.6) is 0 Å². The van der Waals surface area contributed by atoms with Gasteiger partial charge in [-0.25, -0.2) is 4.57 Å². The van der Waals surface area contributed by atoms with Crippen molar-refractivity contribution in [2.45, 2.75) is 38.9 Å². The molecule has 25 heavy (non-hydrogen) atoms. The van der Waals surface area contributed by atoms with E-state index >= 15 is 0 Å². The zero-order valence-corrected chi connectivity index (χ0v) is 16.6. The van der Waals surface area contributed by atoms with Gasteiger partial charge in [-0.3, -0.25) is 4.79 Å². The number of carbonyl (C=O) groups excluding carboxylic acids is 1. The SMILES string of the molecule is COP(=O)(O)SCC(=O)Nc1ccc(B2OC(C)(C)C(C)(C)O2)cc1. The van der Waals surface area contributed by atoms with E-state index in [1.165, 1.54) is 0 Å². The summed E-state index contributed by atoms with van der Waals surface area (Å²) in [5.41, 5.74) is 0.601. The van der Waals surface area contributed by atoms with Crippen molar-refractivity contribution >= 4 is 42.4 Å². The van der Waals surface area contributed by atoms with Crippen molar-refractivity contribution < 1.29 is 28.1 Å². The largest absolute Gasteiger partial charge is 0.494 e. The molecule has 0 saturated carbocycles. The van der Waals surface area contributed by atoms with Gasteiger partial charge in [0.05, 0.1) is 17.0 Å². The molecule has 1 aromatic rings. The number of hydrogen-bond donors (Lipinski definition) is 2. The molecule has 138 valence electrons. The zero-order chi connectivity index (χ0) is 18.9. The minimum absolute atomic E-state index is 0.180. The molecule has 1 aromatic carbocycles. The Morgan fingerprint density at radius 1 is 1.24 bits per heavy atom. The van der Waals surface area contributed by atoms with Gasteiger partial charge in [-0.1, -0.05) is 12.1 Å². The first-order valence-corrected chi connectivity index (χ1v) is 10.9. The Bertz CT molecular complexity index is 665. The van der Waals surface area contributed by atoms with Crippen LogP contribution in [-0.2, 0) is 23.2 Å². The molecule has 2 N–H and O–H groups in total. The van der Waals surface area contributed by atoms with Gasteiger partial charge in [-0.05, 0) is 56.7 Å². The lowest BCUT2D eigenvalue weighted by atomic mass is 9.79. The van der Waals surface area contributed by atoms with Crippen molar-refractivity contribution in [3.05, 3.63) is 24.3 Å². The van der Waals surface area contributed by atoms with Crippen LogP contribution in [0.2, 0.25) is 0 Å². The summed E-state index contributed by atoms with van der Waals surface area (Å²) in [7, 11) is 0.660. The summed E-state index contributed by atoms with van der Waals surface area (Å²) in [5.74, 6) is -0.569. The van der Waals surface area contributed by atoms with E-state index in [4.69, 9.17) is 9.31 Å². The number of carbonyl (C=O) groups is 1. The lowest BCUT2D eigenvalue weighted by Gasteiger charge is -2.32. The van der Waals surface area contributed by atoms with Crippen molar-refractivity contribution in [3.63, 3.8) is 0 Å². The second-order valence-corrected chi connectivity index (χ2v) is 10.7. The minimum atomic E-state index is -3.76. The van der Waals surface area contributed by atoms with E-state index in [0.717, 1.165) is 12.6 Å². The molecule has 2 rings (SSSR count). The lowest BCUT2D eigenvalue weighted by Crippen LogP contribution is -2.41. The van der Waals surface area contributed by atoms with E-state index in [9.17, 15) is 14.3 Å². The zero-order valence-electron chi connectivity index (χ0n) is 14.9. The number of benzene rings is 1. The first kappa shape index (κ1) is 20.5. The fourth-order valence-corrected chi connectivity index (χ4v) is 3.71. The van der Waals surface area contributed by atoms with Gasteiger partial charge >= 0.3 is 13.9 Å². The van der Waals surface area contributed by atoms with Gasteiger partial charge in [-0.2, -0.15) is 0 Å². The van der Waals surface area contributed by atoms with E-state index in [-0.39, 0.29) is 11.7 Å². The molecule has 0 spiro atoms. The Balaban J connectivity index is 1.95. The van der Waals surface area contributed by atoms with Gasteiger partial charge in [0.1, 0.15) is 0 Å². The van der Waals surface area contributed by atoms with E-state index < -0.39 is 25.1 Å². The van der Waals surface area contributed by atoms with Crippen LogP contribution in [0.15, 0.2) is 24.3 Å². The van der Waals surface area contributed by atoms with Gasteiger partial charge in [0.25, 0.3) is 0 Å². The highest BCUT2D eigenvalue weighted by atomic mass is 32.7. The first-order valence-electron chi connectivity index (χ1n) is 7.74. The van der Waals surface area contributed by atoms with Crippen LogP contribution in [0, 0.1) is 0 Å². The van der Waals surface area contributed by atoms with Crippen LogP contribution >= 0.6 is 18.2 Å². The summed E-state index contributed by atoms with van der Waals surface area (Å²) in [6.07, 6.45) is 0. The number of nitrogens with one attached hydrogen (secondary N) is 1. The average molecular weight is 387 g/mol. The van der Waals surface area contributed by atoms with Crippen molar-refractivity contribution in [2.24, 2.45) is 0 Å². The molecule has 0 aromatic heterocycles. The van der Waals surface area contributed by atoms with Gasteiger partial charge < -0.3 is 24.0 Å². The summed E-state index contributed by atoms with van der Waals surface area (Å²) >= 11 is 0.566. The van der Waals surface area contributed by atoms with Crippen LogP contribution in [0.4, 0.5) is 5.69 Å². The smallest absolute Gasteiger partial charge is 0.399 e. The standard InChI is InChI=1S/C15H23BNO6PS/c1-14(2)15(3,4)23-16(22-14)11-6-8-12(9-7-11)17-13(18)10-25-24(19,20)21-5/h6-9H,10H2,1-5H3,(H,17,18)(H,19,20). The topological polar surface area (TPSA) is 94.1 Å². The van der Waals surface area contributed by atoms with Gasteiger partial charge in [0, 0.05) is 12.8 Å². The van der Waals surface area contributed by atoms with Crippen LogP contribution in [0.1, 0.15) is 27.7 Å². The molecule has 0 radical (unpaired) electrons. The van der Waals surface area contributed by atoms with Gasteiger partial charge in [-0.15, -0.1) is 0 Å². The second kappa shape index (κ2) is 7.43. The molecule has 10 heteroatoms. The number of rotatable bonds is 6. The number of anilines is 1. The third kappa shape index (κ3) is 5.09. The maximum atomic E-state index is 11.8. The Kier molecular flexibility index (Phi) is 6.08. The minimum Gasteiger partial charge on any atom is -0.399 e. The van der Waals surface area contributed by atoms with Crippen LogP contribution < -0.4 is 10.8 Å². The van der Waals surface area contributed by atoms with E-state index in [1.807, 2.05) is 39.8 Å². The third-order valence-electron chi connectivity index (χ3n) is 4.31.